The Labute approximate surface area is 95.7 Å². The Bertz CT molecular complexity index is 244. The topological polar surface area (TPSA) is 71.1 Å². The van der Waals surface area contributed by atoms with Crippen molar-refractivity contribution in [2.45, 2.75) is 26.6 Å². The molecular weight excluding hydrogens is 235 g/mol. The van der Waals surface area contributed by atoms with E-state index in [1.165, 1.54) is 7.11 Å². The molecule has 0 fully saturated rings. The lowest BCUT2D eigenvalue weighted by Gasteiger charge is -2.23. The third kappa shape index (κ3) is 4.22. The number of methoxy groups -OCH3 is 1. The van der Waals surface area contributed by atoms with E-state index in [4.69, 9.17) is 18.5 Å². The fraction of sp³-hybridized carbons (Fsp3) is 0.889. The summed E-state index contributed by atoms with van der Waals surface area (Å²) in [7, 11) is -2.36. The van der Waals surface area contributed by atoms with E-state index < -0.39 is 19.4 Å². The molecule has 0 aliphatic heterocycles. The van der Waals surface area contributed by atoms with E-state index in [1.54, 1.807) is 20.8 Å². The molecule has 1 atom stereocenters. The Morgan fingerprint density at radius 3 is 1.94 bits per heavy atom. The molecule has 0 saturated heterocycles. The van der Waals surface area contributed by atoms with E-state index >= 15 is 0 Å². The van der Waals surface area contributed by atoms with Gasteiger partial charge in [0.25, 0.3) is 5.85 Å². The van der Waals surface area contributed by atoms with Crippen LogP contribution in [0.15, 0.2) is 0 Å². The van der Waals surface area contributed by atoms with Crippen molar-refractivity contribution < 1.29 is 27.9 Å². The van der Waals surface area contributed by atoms with Gasteiger partial charge in [-0.25, -0.2) is 4.79 Å². The summed E-state index contributed by atoms with van der Waals surface area (Å²) in [6, 6.07) is 0. The second-order valence-corrected chi connectivity index (χ2v) is 4.78. The average molecular weight is 254 g/mol. The molecule has 0 aromatic heterocycles. The SMILES string of the molecule is CCOC(=O)C(OC)P(=O)(OCC)OCC. The van der Waals surface area contributed by atoms with Crippen LogP contribution in [-0.4, -0.2) is 38.7 Å². The Kier molecular flexibility index (Phi) is 7.58. The van der Waals surface area contributed by atoms with Gasteiger partial charge in [-0.15, -0.1) is 0 Å². The minimum atomic E-state index is -3.61. The summed E-state index contributed by atoms with van der Waals surface area (Å²) in [5, 5.41) is 0. The summed E-state index contributed by atoms with van der Waals surface area (Å²) >= 11 is 0. The second-order valence-electron chi connectivity index (χ2n) is 2.72. The van der Waals surface area contributed by atoms with Gasteiger partial charge in [0.15, 0.2) is 0 Å². The van der Waals surface area contributed by atoms with Crippen molar-refractivity contribution in [3.05, 3.63) is 0 Å². The first-order valence-corrected chi connectivity index (χ1v) is 6.75. The molecule has 7 heteroatoms. The van der Waals surface area contributed by atoms with Crippen molar-refractivity contribution in [2.75, 3.05) is 26.9 Å². The largest absolute Gasteiger partial charge is 0.464 e. The molecule has 0 N–H and O–H groups in total. The molecule has 0 bridgehead atoms. The molecule has 6 nitrogen and oxygen atoms in total. The molecule has 0 aromatic rings. The number of ether oxygens (including phenoxy) is 2. The zero-order valence-corrected chi connectivity index (χ0v) is 11.0. The number of carbonyl (C=O) groups excluding carboxylic acids is 1. The van der Waals surface area contributed by atoms with Crippen molar-refractivity contribution in [3.63, 3.8) is 0 Å². The van der Waals surface area contributed by atoms with E-state index in [0.717, 1.165) is 0 Å². The fourth-order valence-corrected chi connectivity index (χ4v) is 2.76. The van der Waals surface area contributed by atoms with Gasteiger partial charge in [0, 0.05) is 7.11 Å². The van der Waals surface area contributed by atoms with Crippen LogP contribution in [0.2, 0.25) is 0 Å². The Morgan fingerprint density at radius 1 is 1.12 bits per heavy atom. The molecule has 0 rings (SSSR count). The molecule has 0 aliphatic carbocycles. The van der Waals surface area contributed by atoms with Crippen LogP contribution in [0.25, 0.3) is 0 Å². The fourth-order valence-electron chi connectivity index (χ4n) is 1.10. The third-order valence-corrected chi connectivity index (χ3v) is 3.85. The van der Waals surface area contributed by atoms with E-state index in [1.807, 2.05) is 0 Å². The van der Waals surface area contributed by atoms with Gasteiger partial charge >= 0.3 is 13.6 Å². The molecule has 96 valence electrons. The Balaban J connectivity index is 4.83. The van der Waals surface area contributed by atoms with Crippen LogP contribution >= 0.6 is 7.60 Å². The molecule has 0 saturated carbocycles. The monoisotopic (exact) mass is 254 g/mol. The van der Waals surface area contributed by atoms with Gasteiger partial charge in [-0.05, 0) is 20.8 Å². The lowest BCUT2D eigenvalue weighted by Crippen LogP contribution is -2.27. The predicted molar refractivity (Wildman–Crippen MR) is 58.3 cm³/mol. The van der Waals surface area contributed by atoms with Crippen LogP contribution in [0.1, 0.15) is 20.8 Å². The molecule has 1 unspecified atom stereocenters. The number of esters is 1. The smallest absolute Gasteiger partial charge is 0.370 e. The van der Waals surface area contributed by atoms with Crippen LogP contribution < -0.4 is 0 Å². The maximum Gasteiger partial charge on any atom is 0.370 e. The molecule has 0 spiro atoms. The van der Waals surface area contributed by atoms with Crippen molar-refractivity contribution in [1.82, 2.24) is 0 Å². The minimum absolute atomic E-state index is 0.163. The predicted octanol–water partition coefficient (Wildman–Crippen LogP) is 1.79. The maximum atomic E-state index is 12.2. The number of carbonyl (C=O) groups is 1. The first-order valence-electron chi connectivity index (χ1n) is 5.13. The first-order chi connectivity index (χ1) is 7.55. The van der Waals surface area contributed by atoms with Gasteiger partial charge < -0.3 is 18.5 Å². The maximum absolute atomic E-state index is 12.2. The number of rotatable bonds is 8. The summed E-state index contributed by atoms with van der Waals surface area (Å²) in [4.78, 5) is 11.5. The lowest BCUT2D eigenvalue weighted by atomic mass is 10.7. The number of hydrogen-bond donors (Lipinski definition) is 0. The highest BCUT2D eigenvalue weighted by molar-refractivity contribution is 7.55. The summed E-state index contributed by atoms with van der Waals surface area (Å²) in [6.07, 6.45) is 0. The summed E-state index contributed by atoms with van der Waals surface area (Å²) < 4.78 is 31.8. The van der Waals surface area contributed by atoms with Gasteiger partial charge in [0.05, 0.1) is 19.8 Å². The Hall–Kier alpha value is -0.420. The molecule has 0 amide bonds. The van der Waals surface area contributed by atoms with Gasteiger partial charge in [0.1, 0.15) is 0 Å². The lowest BCUT2D eigenvalue weighted by molar-refractivity contribution is -0.151. The highest BCUT2D eigenvalue weighted by Crippen LogP contribution is 2.53. The summed E-state index contributed by atoms with van der Waals surface area (Å²) in [6.45, 7) is 5.47. The average Bonchev–Trinajstić information content (AvgIpc) is 2.19. The standard InChI is InChI=1S/C9H19O6P/c1-5-13-8(10)9(12-4)16(11,14-6-2)15-7-3/h9H,5-7H2,1-4H3. The second kappa shape index (κ2) is 7.79. The zero-order valence-electron chi connectivity index (χ0n) is 10.1. The van der Waals surface area contributed by atoms with Crippen LogP contribution in [0, 0.1) is 0 Å². The molecular formula is C9H19O6P. The summed E-state index contributed by atoms with van der Waals surface area (Å²) in [5.74, 6) is -2.07. The van der Waals surface area contributed by atoms with Crippen LogP contribution in [-0.2, 0) is 27.9 Å². The van der Waals surface area contributed by atoms with Crippen molar-refractivity contribution in [2.24, 2.45) is 0 Å². The van der Waals surface area contributed by atoms with E-state index in [0.29, 0.717) is 0 Å². The molecule has 0 aliphatic rings. The summed E-state index contributed by atoms with van der Waals surface area (Å²) in [5.41, 5.74) is 0. The van der Waals surface area contributed by atoms with Crippen molar-refractivity contribution >= 4 is 13.6 Å². The van der Waals surface area contributed by atoms with E-state index in [-0.39, 0.29) is 19.8 Å². The molecule has 0 radical (unpaired) electrons. The Morgan fingerprint density at radius 2 is 1.62 bits per heavy atom. The van der Waals surface area contributed by atoms with E-state index in [2.05, 4.69) is 0 Å². The zero-order chi connectivity index (χ0) is 12.6. The van der Waals surface area contributed by atoms with Crippen LogP contribution in [0.3, 0.4) is 0 Å². The first kappa shape index (κ1) is 15.6. The highest BCUT2D eigenvalue weighted by Gasteiger charge is 2.42. The van der Waals surface area contributed by atoms with Crippen molar-refractivity contribution in [1.29, 1.82) is 0 Å². The number of hydrogen-bond acceptors (Lipinski definition) is 6. The van der Waals surface area contributed by atoms with Crippen molar-refractivity contribution in [3.8, 4) is 0 Å². The van der Waals surface area contributed by atoms with Gasteiger partial charge in [-0.3, -0.25) is 4.57 Å². The van der Waals surface area contributed by atoms with Crippen LogP contribution in [0.5, 0.6) is 0 Å². The molecule has 0 heterocycles. The quantitative estimate of drug-likeness (QED) is 0.485. The van der Waals surface area contributed by atoms with Crippen LogP contribution in [0.4, 0.5) is 0 Å². The highest BCUT2D eigenvalue weighted by atomic mass is 31.2. The van der Waals surface area contributed by atoms with E-state index in [9.17, 15) is 9.36 Å². The molecule has 0 aromatic carbocycles. The van der Waals surface area contributed by atoms with Gasteiger partial charge in [0.2, 0.25) is 0 Å². The molecule has 16 heavy (non-hydrogen) atoms. The third-order valence-electron chi connectivity index (χ3n) is 1.62. The van der Waals surface area contributed by atoms with Gasteiger partial charge in [-0.1, -0.05) is 0 Å². The van der Waals surface area contributed by atoms with Gasteiger partial charge in [-0.2, -0.15) is 0 Å². The minimum Gasteiger partial charge on any atom is -0.464 e. The normalized spacial score (nSPS) is 13.5.